The van der Waals surface area contributed by atoms with Crippen LogP contribution >= 0.6 is 0 Å². The summed E-state index contributed by atoms with van der Waals surface area (Å²) in [7, 11) is 1.59. The van der Waals surface area contributed by atoms with Gasteiger partial charge in [0.25, 0.3) is 11.6 Å². The zero-order chi connectivity index (χ0) is 24.8. The number of rotatable bonds is 8. The minimum absolute atomic E-state index is 0.0667. The van der Waals surface area contributed by atoms with Crippen molar-refractivity contribution in [2.45, 2.75) is 18.9 Å². The zero-order valence-electron chi connectivity index (χ0n) is 19.0. The van der Waals surface area contributed by atoms with Crippen LogP contribution in [-0.4, -0.2) is 41.2 Å². The van der Waals surface area contributed by atoms with E-state index in [1.807, 2.05) is 54.6 Å². The molecule has 0 radical (unpaired) electrons. The third kappa shape index (κ3) is 5.70. The largest absolute Gasteiger partial charge is 0.497 e. The summed E-state index contributed by atoms with van der Waals surface area (Å²) in [6.07, 6.45) is 0.407. The average Bonchev–Trinajstić information content (AvgIpc) is 3.34. The van der Waals surface area contributed by atoms with Crippen LogP contribution in [0, 0.1) is 10.1 Å². The summed E-state index contributed by atoms with van der Waals surface area (Å²) < 4.78 is 10.4. The predicted molar refractivity (Wildman–Crippen MR) is 128 cm³/mol. The lowest BCUT2D eigenvalue weighted by Crippen LogP contribution is -2.31. The maximum Gasteiger partial charge on any atom is 0.310 e. The predicted octanol–water partition coefficient (Wildman–Crippen LogP) is 4.07. The van der Waals surface area contributed by atoms with E-state index in [0.717, 1.165) is 16.8 Å². The highest BCUT2D eigenvalue weighted by atomic mass is 16.6. The number of carbonyl (C=O) groups excluding carboxylic acids is 2. The highest BCUT2D eigenvalue weighted by molar-refractivity contribution is 6.03. The van der Waals surface area contributed by atoms with Gasteiger partial charge in [0.15, 0.2) is 6.61 Å². The Morgan fingerprint density at radius 3 is 2.34 bits per heavy atom. The van der Waals surface area contributed by atoms with Crippen LogP contribution in [0.4, 0.5) is 5.69 Å². The van der Waals surface area contributed by atoms with Crippen molar-refractivity contribution in [3.05, 3.63) is 106 Å². The molecule has 1 atom stereocenters. The second kappa shape index (κ2) is 10.6. The van der Waals surface area contributed by atoms with Gasteiger partial charge in [0.1, 0.15) is 5.75 Å². The van der Waals surface area contributed by atoms with E-state index in [9.17, 15) is 19.7 Å². The molecule has 178 valence electrons. The van der Waals surface area contributed by atoms with E-state index in [2.05, 4.69) is 5.10 Å². The summed E-state index contributed by atoms with van der Waals surface area (Å²) in [5.74, 6) is -0.359. The van der Waals surface area contributed by atoms with Crippen molar-refractivity contribution in [1.82, 2.24) is 5.01 Å². The Morgan fingerprint density at radius 1 is 1.03 bits per heavy atom. The number of nitro benzene ring substituents is 1. The topological polar surface area (TPSA) is 111 Å². The summed E-state index contributed by atoms with van der Waals surface area (Å²) in [6, 6.07) is 22.3. The van der Waals surface area contributed by atoms with Gasteiger partial charge in [-0.3, -0.25) is 19.7 Å². The second-order valence-electron chi connectivity index (χ2n) is 7.91. The van der Waals surface area contributed by atoms with Gasteiger partial charge in [0.05, 0.1) is 30.2 Å². The van der Waals surface area contributed by atoms with Crippen LogP contribution in [0.5, 0.6) is 5.75 Å². The van der Waals surface area contributed by atoms with E-state index in [1.54, 1.807) is 7.11 Å². The number of hydrogen-bond acceptors (Lipinski definition) is 7. The minimum Gasteiger partial charge on any atom is -0.497 e. The van der Waals surface area contributed by atoms with Crippen LogP contribution in [0.3, 0.4) is 0 Å². The van der Waals surface area contributed by atoms with E-state index in [1.165, 1.54) is 29.3 Å². The summed E-state index contributed by atoms with van der Waals surface area (Å²) in [4.78, 5) is 35.6. The van der Waals surface area contributed by atoms with Gasteiger partial charge in [0.2, 0.25) is 0 Å². The summed E-state index contributed by atoms with van der Waals surface area (Å²) in [5.41, 5.74) is 3.04. The van der Waals surface area contributed by atoms with E-state index < -0.39 is 23.4 Å². The first-order valence-electron chi connectivity index (χ1n) is 10.9. The number of ether oxygens (including phenoxy) is 2. The molecule has 0 bridgehead atoms. The second-order valence-corrected chi connectivity index (χ2v) is 7.91. The first-order chi connectivity index (χ1) is 16.9. The van der Waals surface area contributed by atoms with Crippen LogP contribution in [-0.2, 0) is 20.7 Å². The van der Waals surface area contributed by atoms with Gasteiger partial charge in [-0.15, -0.1) is 0 Å². The number of carbonyl (C=O) groups is 2. The fraction of sp³-hybridized carbons (Fsp3) is 0.192. The minimum atomic E-state index is -0.611. The Morgan fingerprint density at radius 2 is 1.71 bits per heavy atom. The number of esters is 1. The summed E-state index contributed by atoms with van der Waals surface area (Å²) in [5, 5.41) is 16.7. The molecule has 35 heavy (non-hydrogen) atoms. The number of hydrazone groups is 1. The Labute approximate surface area is 201 Å². The SMILES string of the molecule is COc1ccc([C@H]2CC(c3ccccc3)=NN2C(=O)COC(=O)Cc2ccc([N+](=O)[O-])cc2)cc1. The molecule has 1 heterocycles. The highest BCUT2D eigenvalue weighted by Gasteiger charge is 2.33. The molecule has 0 aromatic heterocycles. The first-order valence-corrected chi connectivity index (χ1v) is 10.9. The van der Waals surface area contributed by atoms with Crippen molar-refractivity contribution in [2.24, 2.45) is 5.10 Å². The van der Waals surface area contributed by atoms with Gasteiger partial charge in [-0.2, -0.15) is 5.10 Å². The quantitative estimate of drug-likeness (QED) is 0.277. The molecule has 0 saturated heterocycles. The van der Waals surface area contributed by atoms with Gasteiger partial charge in [-0.1, -0.05) is 54.6 Å². The van der Waals surface area contributed by atoms with Crippen LogP contribution in [0.1, 0.15) is 29.2 Å². The number of benzene rings is 3. The summed E-state index contributed by atoms with van der Waals surface area (Å²) >= 11 is 0. The smallest absolute Gasteiger partial charge is 0.310 e. The molecule has 0 fully saturated rings. The zero-order valence-corrected chi connectivity index (χ0v) is 19.0. The lowest BCUT2D eigenvalue weighted by Gasteiger charge is -2.22. The number of amides is 1. The third-order valence-electron chi connectivity index (χ3n) is 5.63. The molecule has 0 unspecified atom stereocenters. The maximum atomic E-state index is 13.0. The highest BCUT2D eigenvalue weighted by Crippen LogP contribution is 2.33. The van der Waals surface area contributed by atoms with Gasteiger partial charge in [-0.25, -0.2) is 5.01 Å². The monoisotopic (exact) mass is 473 g/mol. The molecule has 1 aliphatic rings. The molecule has 1 amide bonds. The molecule has 9 nitrogen and oxygen atoms in total. The average molecular weight is 473 g/mol. The molecule has 1 aliphatic heterocycles. The third-order valence-corrected chi connectivity index (χ3v) is 5.63. The lowest BCUT2D eigenvalue weighted by atomic mass is 9.98. The van der Waals surface area contributed by atoms with E-state index in [-0.39, 0.29) is 18.2 Å². The molecule has 0 spiro atoms. The standard InChI is InChI=1S/C26H23N3O6/c1-34-22-13-9-20(10-14-22)24-16-23(19-5-3-2-4-6-19)27-28(24)25(30)17-35-26(31)15-18-7-11-21(12-8-18)29(32)33/h2-14,24H,15-17H2,1H3/t24-/m1/s1. The Balaban J connectivity index is 1.45. The molecule has 9 heteroatoms. The van der Waals surface area contributed by atoms with Crippen LogP contribution < -0.4 is 4.74 Å². The molecule has 0 aliphatic carbocycles. The molecule has 0 saturated carbocycles. The first kappa shape index (κ1) is 23.6. The molecule has 4 rings (SSSR count). The normalized spacial score (nSPS) is 14.8. The van der Waals surface area contributed by atoms with Gasteiger partial charge in [-0.05, 0) is 28.8 Å². The van der Waals surface area contributed by atoms with Crippen LogP contribution in [0.15, 0.2) is 84.0 Å². The van der Waals surface area contributed by atoms with E-state index >= 15 is 0 Å². The van der Waals surface area contributed by atoms with Crippen molar-refractivity contribution >= 4 is 23.3 Å². The Hall–Kier alpha value is -4.53. The van der Waals surface area contributed by atoms with Crippen molar-refractivity contribution < 1.29 is 24.0 Å². The molecule has 3 aromatic carbocycles. The lowest BCUT2D eigenvalue weighted by molar-refractivity contribution is -0.384. The molecule has 0 N–H and O–H groups in total. The number of nitro groups is 1. The number of nitrogens with zero attached hydrogens (tertiary/aromatic N) is 3. The van der Waals surface area contributed by atoms with Gasteiger partial charge < -0.3 is 9.47 Å². The van der Waals surface area contributed by atoms with Crippen molar-refractivity contribution in [3.8, 4) is 5.75 Å². The number of non-ortho nitro benzene ring substituents is 1. The Kier molecular flexibility index (Phi) is 7.15. The van der Waals surface area contributed by atoms with Gasteiger partial charge in [0, 0.05) is 18.6 Å². The molecular weight excluding hydrogens is 450 g/mol. The van der Waals surface area contributed by atoms with Gasteiger partial charge >= 0.3 is 5.97 Å². The van der Waals surface area contributed by atoms with Crippen molar-refractivity contribution in [2.75, 3.05) is 13.7 Å². The van der Waals surface area contributed by atoms with E-state index in [0.29, 0.717) is 17.7 Å². The fourth-order valence-corrected chi connectivity index (χ4v) is 3.79. The maximum absolute atomic E-state index is 13.0. The van der Waals surface area contributed by atoms with Crippen molar-refractivity contribution in [1.29, 1.82) is 0 Å². The molecule has 3 aromatic rings. The van der Waals surface area contributed by atoms with Crippen LogP contribution in [0.2, 0.25) is 0 Å². The van der Waals surface area contributed by atoms with Crippen molar-refractivity contribution in [3.63, 3.8) is 0 Å². The number of methoxy groups -OCH3 is 1. The summed E-state index contributed by atoms with van der Waals surface area (Å²) in [6.45, 7) is -0.468. The van der Waals surface area contributed by atoms with E-state index in [4.69, 9.17) is 9.47 Å². The molecular formula is C26H23N3O6. The Bertz CT molecular complexity index is 1240. The van der Waals surface area contributed by atoms with Crippen LogP contribution in [0.25, 0.3) is 0 Å². The number of hydrogen-bond donors (Lipinski definition) is 0. The fourth-order valence-electron chi connectivity index (χ4n) is 3.79.